The van der Waals surface area contributed by atoms with Crippen molar-refractivity contribution in [3.8, 4) is 5.75 Å². The van der Waals surface area contributed by atoms with Crippen LogP contribution in [0.25, 0.3) is 5.57 Å². The molecule has 2 amide bonds. The summed E-state index contributed by atoms with van der Waals surface area (Å²) in [5.41, 5.74) is 1.98. The summed E-state index contributed by atoms with van der Waals surface area (Å²) >= 11 is 0. The molecule has 2 aromatic carbocycles. The van der Waals surface area contributed by atoms with Crippen LogP contribution in [0.3, 0.4) is 0 Å². The Bertz CT molecular complexity index is 749. The first-order valence-electron chi connectivity index (χ1n) is 6.75. The summed E-state index contributed by atoms with van der Waals surface area (Å²) in [6.45, 7) is 0. The van der Waals surface area contributed by atoms with Crippen LogP contribution in [0.2, 0.25) is 0 Å². The number of imide groups is 1. The molecule has 0 atom stereocenters. The topological polar surface area (TPSA) is 67.4 Å². The Hall–Kier alpha value is -3.08. The standard InChI is InChI=1S/C17H14N2O3/c1-22-13-9-7-11(8-10-13)14-15(17(21)19-16(14)20)18-12-5-3-2-4-6-12/h2-10H,1H3,(H2,18,19,20,21). The van der Waals surface area contributed by atoms with Gasteiger partial charge < -0.3 is 10.1 Å². The highest BCUT2D eigenvalue weighted by atomic mass is 16.5. The summed E-state index contributed by atoms with van der Waals surface area (Å²) < 4.78 is 5.10. The van der Waals surface area contributed by atoms with Gasteiger partial charge >= 0.3 is 0 Å². The summed E-state index contributed by atoms with van der Waals surface area (Å²) in [4.78, 5) is 24.1. The van der Waals surface area contributed by atoms with Crippen LogP contribution in [0, 0.1) is 0 Å². The number of nitrogens with one attached hydrogen (secondary N) is 2. The number of amides is 2. The molecule has 0 aliphatic carbocycles. The Balaban J connectivity index is 2.02. The van der Waals surface area contributed by atoms with Crippen LogP contribution in [0.15, 0.2) is 60.3 Å². The maximum Gasteiger partial charge on any atom is 0.275 e. The molecule has 0 spiro atoms. The zero-order valence-corrected chi connectivity index (χ0v) is 11.9. The first-order valence-corrected chi connectivity index (χ1v) is 6.75. The molecular weight excluding hydrogens is 280 g/mol. The Labute approximate surface area is 127 Å². The highest BCUT2D eigenvalue weighted by Crippen LogP contribution is 2.26. The zero-order valence-electron chi connectivity index (χ0n) is 11.9. The van der Waals surface area contributed by atoms with E-state index in [-0.39, 0.29) is 5.70 Å². The van der Waals surface area contributed by atoms with E-state index in [2.05, 4.69) is 10.6 Å². The van der Waals surface area contributed by atoms with E-state index in [1.807, 2.05) is 30.3 Å². The maximum absolute atomic E-state index is 12.1. The first-order chi connectivity index (χ1) is 10.7. The number of carbonyl (C=O) groups excluding carboxylic acids is 2. The Morgan fingerprint density at radius 1 is 0.909 bits per heavy atom. The maximum atomic E-state index is 12.1. The van der Waals surface area contributed by atoms with Gasteiger partial charge in [-0.2, -0.15) is 0 Å². The highest BCUT2D eigenvalue weighted by Gasteiger charge is 2.31. The molecule has 1 aliphatic rings. The van der Waals surface area contributed by atoms with Gasteiger partial charge in [-0.1, -0.05) is 30.3 Å². The van der Waals surface area contributed by atoms with Gasteiger partial charge in [0.2, 0.25) is 0 Å². The Kier molecular flexibility index (Phi) is 3.62. The highest BCUT2D eigenvalue weighted by molar-refractivity contribution is 6.36. The fraction of sp³-hybridized carbons (Fsp3) is 0.0588. The van der Waals surface area contributed by atoms with Gasteiger partial charge in [0.1, 0.15) is 11.4 Å². The molecule has 110 valence electrons. The Morgan fingerprint density at radius 3 is 2.23 bits per heavy atom. The second-order valence-electron chi connectivity index (χ2n) is 4.75. The molecule has 2 aromatic rings. The molecule has 0 radical (unpaired) electrons. The van der Waals surface area contributed by atoms with E-state index in [4.69, 9.17) is 4.74 Å². The van der Waals surface area contributed by atoms with Crippen molar-refractivity contribution in [3.63, 3.8) is 0 Å². The summed E-state index contributed by atoms with van der Waals surface area (Å²) in [5.74, 6) is -0.153. The number of hydrogen-bond acceptors (Lipinski definition) is 4. The van der Waals surface area contributed by atoms with Crippen molar-refractivity contribution in [2.24, 2.45) is 0 Å². The van der Waals surface area contributed by atoms with E-state index in [1.165, 1.54) is 0 Å². The lowest BCUT2D eigenvalue weighted by Crippen LogP contribution is -2.24. The summed E-state index contributed by atoms with van der Waals surface area (Å²) in [6.07, 6.45) is 0. The van der Waals surface area contributed by atoms with Gasteiger partial charge in [0.15, 0.2) is 0 Å². The van der Waals surface area contributed by atoms with E-state index in [9.17, 15) is 9.59 Å². The fourth-order valence-electron chi connectivity index (χ4n) is 2.27. The van der Waals surface area contributed by atoms with E-state index in [0.29, 0.717) is 16.9 Å². The number of hydrogen-bond donors (Lipinski definition) is 2. The zero-order chi connectivity index (χ0) is 15.5. The lowest BCUT2D eigenvalue weighted by atomic mass is 10.0. The molecule has 0 unspecified atom stereocenters. The lowest BCUT2D eigenvalue weighted by molar-refractivity contribution is -0.123. The number of rotatable bonds is 4. The minimum Gasteiger partial charge on any atom is -0.497 e. The molecule has 1 aliphatic heterocycles. The molecule has 0 fully saturated rings. The number of carbonyl (C=O) groups is 2. The first kappa shape index (κ1) is 13.9. The SMILES string of the molecule is COc1ccc(C2=C(Nc3ccccc3)C(=O)NC2=O)cc1. The van der Waals surface area contributed by atoms with Crippen molar-refractivity contribution in [2.45, 2.75) is 0 Å². The molecule has 5 nitrogen and oxygen atoms in total. The minimum atomic E-state index is -0.431. The summed E-state index contributed by atoms with van der Waals surface area (Å²) in [7, 11) is 1.57. The van der Waals surface area contributed by atoms with Crippen molar-refractivity contribution in [3.05, 3.63) is 65.9 Å². The summed E-state index contributed by atoms with van der Waals surface area (Å²) in [6, 6.07) is 16.2. The third-order valence-corrected chi connectivity index (χ3v) is 3.35. The van der Waals surface area contributed by atoms with Gasteiger partial charge in [-0.3, -0.25) is 14.9 Å². The number of methoxy groups -OCH3 is 1. The molecule has 3 rings (SSSR count). The Morgan fingerprint density at radius 2 is 1.59 bits per heavy atom. The van der Waals surface area contributed by atoms with Crippen molar-refractivity contribution in [1.29, 1.82) is 0 Å². The predicted molar refractivity (Wildman–Crippen MR) is 83.1 cm³/mol. The smallest absolute Gasteiger partial charge is 0.275 e. The van der Waals surface area contributed by atoms with Crippen molar-refractivity contribution < 1.29 is 14.3 Å². The normalized spacial score (nSPS) is 14.0. The van der Waals surface area contributed by atoms with Crippen molar-refractivity contribution in [2.75, 3.05) is 12.4 Å². The average Bonchev–Trinajstić information content (AvgIpc) is 2.82. The molecule has 1 heterocycles. The third-order valence-electron chi connectivity index (χ3n) is 3.35. The van der Waals surface area contributed by atoms with Crippen LogP contribution in [0.5, 0.6) is 5.75 Å². The van der Waals surface area contributed by atoms with Gasteiger partial charge in [-0.25, -0.2) is 0 Å². The number of anilines is 1. The number of ether oxygens (including phenoxy) is 1. The van der Waals surface area contributed by atoms with E-state index in [0.717, 1.165) is 5.69 Å². The number of para-hydroxylation sites is 1. The molecule has 5 heteroatoms. The van der Waals surface area contributed by atoms with Crippen molar-refractivity contribution >= 4 is 23.1 Å². The quantitative estimate of drug-likeness (QED) is 0.848. The average molecular weight is 294 g/mol. The van der Waals surface area contributed by atoms with Gasteiger partial charge in [-0.05, 0) is 29.8 Å². The molecule has 0 saturated carbocycles. The molecular formula is C17H14N2O3. The van der Waals surface area contributed by atoms with Crippen molar-refractivity contribution in [1.82, 2.24) is 5.32 Å². The van der Waals surface area contributed by atoms with Crippen LogP contribution < -0.4 is 15.4 Å². The largest absolute Gasteiger partial charge is 0.497 e. The van der Waals surface area contributed by atoms with E-state index < -0.39 is 11.8 Å². The second-order valence-corrected chi connectivity index (χ2v) is 4.75. The lowest BCUT2D eigenvalue weighted by Gasteiger charge is -2.08. The molecule has 22 heavy (non-hydrogen) atoms. The summed E-state index contributed by atoms with van der Waals surface area (Å²) in [5, 5.41) is 5.33. The van der Waals surface area contributed by atoms with Gasteiger partial charge in [0.05, 0.1) is 12.7 Å². The second kappa shape index (κ2) is 5.73. The van der Waals surface area contributed by atoms with Gasteiger partial charge in [0, 0.05) is 5.69 Å². The predicted octanol–water partition coefficient (Wildman–Crippen LogP) is 2.17. The van der Waals surface area contributed by atoms with Crippen LogP contribution in [0.1, 0.15) is 5.56 Å². The molecule has 0 saturated heterocycles. The fourth-order valence-corrected chi connectivity index (χ4v) is 2.27. The molecule has 2 N–H and O–H groups in total. The monoisotopic (exact) mass is 294 g/mol. The van der Waals surface area contributed by atoms with Crippen LogP contribution >= 0.6 is 0 Å². The van der Waals surface area contributed by atoms with E-state index in [1.54, 1.807) is 31.4 Å². The van der Waals surface area contributed by atoms with Crippen LogP contribution in [-0.4, -0.2) is 18.9 Å². The minimum absolute atomic E-state index is 0.251. The third kappa shape index (κ3) is 2.56. The molecule has 0 aromatic heterocycles. The van der Waals surface area contributed by atoms with Gasteiger partial charge in [0.25, 0.3) is 11.8 Å². The van der Waals surface area contributed by atoms with E-state index >= 15 is 0 Å². The van der Waals surface area contributed by atoms with Crippen LogP contribution in [-0.2, 0) is 9.59 Å². The van der Waals surface area contributed by atoms with Gasteiger partial charge in [-0.15, -0.1) is 0 Å². The molecule has 0 bridgehead atoms. The van der Waals surface area contributed by atoms with Crippen LogP contribution in [0.4, 0.5) is 5.69 Å². The number of benzene rings is 2.